The van der Waals surface area contributed by atoms with Gasteiger partial charge in [-0.25, -0.2) is 4.98 Å². The Bertz CT molecular complexity index is 413. The van der Waals surface area contributed by atoms with Crippen molar-refractivity contribution in [1.29, 1.82) is 0 Å². The van der Waals surface area contributed by atoms with Crippen LogP contribution in [0.25, 0.3) is 0 Å². The topological polar surface area (TPSA) is 68.2 Å². The van der Waals surface area contributed by atoms with E-state index in [4.69, 9.17) is 4.74 Å². The highest BCUT2D eigenvalue weighted by molar-refractivity contribution is 5.75. The van der Waals surface area contributed by atoms with Crippen molar-refractivity contribution >= 4 is 5.91 Å². The Morgan fingerprint density at radius 1 is 1.65 bits per heavy atom. The molecular formula is C14H24N4O2. The van der Waals surface area contributed by atoms with E-state index >= 15 is 0 Å². The molecule has 1 fully saturated rings. The van der Waals surface area contributed by atoms with Crippen LogP contribution in [0.1, 0.15) is 30.9 Å². The van der Waals surface area contributed by atoms with Crippen LogP contribution in [0.3, 0.4) is 0 Å². The minimum atomic E-state index is 0.0588. The molecule has 0 bridgehead atoms. The van der Waals surface area contributed by atoms with Crippen LogP contribution in [0.4, 0.5) is 0 Å². The number of amides is 1. The van der Waals surface area contributed by atoms with Gasteiger partial charge >= 0.3 is 0 Å². The normalized spacial score (nSPS) is 18.9. The molecule has 0 aliphatic carbocycles. The summed E-state index contributed by atoms with van der Waals surface area (Å²) in [4.78, 5) is 15.9. The maximum atomic E-state index is 11.7. The molecule has 0 radical (unpaired) electrons. The van der Waals surface area contributed by atoms with Gasteiger partial charge in [-0.3, -0.25) is 4.79 Å². The van der Waals surface area contributed by atoms with E-state index < -0.39 is 0 Å². The Balaban J connectivity index is 1.81. The lowest BCUT2D eigenvalue weighted by atomic mass is 9.96. The average molecular weight is 280 g/mol. The van der Waals surface area contributed by atoms with Gasteiger partial charge in [-0.05, 0) is 19.4 Å². The molecule has 6 nitrogen and oxygen atoms in total. The molecule has 1 atom stereocenters. The highest BCUT2D eigenvalue weighted by Gasteiger charge is 2.18. The third-order valence-electron chi connectivity index (χ3n) is 3.67. The first-order valence-corrected chi connectivity index (χ1v) is 7.27. The first kappa shape index (κ1) is 15.0. The van der Waals surface area contributed by atoms with Crippen LogP contribution in [0.5, 0.6) is 0 Å². The third kappa shape index (κ3) is 4.31. The van der Waals surface area contributed by atoms with E-state index in [2.05, 4.69) is 20.2 Å². The van der Waals surface area contributed by atoms with Gasteiger partial charge in [-0.1, -0.05) is 0 Å². The van der Waals surface area contributed by atoms with Crippen molar-refractivity contribution in [3.8, 4) is 0 Å². The van der Waals surface area contributed by atoms with E-state index in [9.17, 15) is 4.79 Å². The zero-order valence-corrected chi connectivity index (χ0v) is 12.1. The van der Waals surface area contributed by atoms with Gasteiger partial charge in [0.2, 0.25) is 5.91 Å². The molecule has 1 saturated heterocycles. The van der Waals surface area contributed by atoms with Gasteiger partial charge in [0, 0.05) is 51.0 Å². The van der Waals surface area contributed by atoms with Gasteiger partial charge in [-0.15, -0.1) is 0 Å². The number of hydrogen-bond acceptors (Lipinski definition) is 4. The van der Waals surface area contributed by atoms with Crippen molar-refractivity contribution < 1.29 is 9.53 Å². The van der Waals surface area contributed by atoms with E-state index in [-0.39, 0.29) is 5.91 Å². The second-order valence-corrected chi connectivity index (χ2v) is 5.15. The van der Waals surface area contributed by atoms with Crippen LogP contribution in [-0.2, 0) is 16.1 Å². The summed E-state index contributed by atoms with van der Waals surface area (Å²) in [5.41, 5.74) is 1.24. The monoisotopic (exact) mass is 280 g/mol. The lowest BCUT2D eigenvalue weighted by Crippen LogP contribution is -2.30. The van der Waals surface area contributed by atoms with Gasteiger partial charge in [0.25, 0.3) is 0 Å². The molecule has 1 aliphatic rings. The van der Waals surface area contributed by atoms with Crippen molar-refractivity contribution in [2.75, 3.05) is 33.4 Å². The number of piperidine rings is 1. The van der Waals surface area contributed by atoms with Crippen molar-refractivity contribution in [1.82, 2.24) is 20.2 Å². The lowest BCUT2D eigenvalue weighted by Gasteiger charge is -2.23. The Kier molecular flexibility index (Phi) is 6.01. The van der Waals surface area contributed by atoms with Crippen LogP contribution >= 0.6 is 0 Å². The Morgan fingerprint density at radius 3 is 3.30 bits per heavy atom. The second kappa shape index (κ2) is 8.01. The predicted molar refractivity (Wildman–Crippen MR) is 76.6 cm³/mol. The summed E-state index contributed by atoms with van der Waals surface area (Å²) in [7, 11) is 1.63. The van der Waals surface area contributed by atoms with E-state index in [1.807, 2.05) is 12.5 Å². The van der Waals surface area contributed by atoms with Crippen molar-refractivity contribution in [2.45, 2.75) is 31.7 Å². The van der Waals surface area contributed by atoms with Gasteiger partial charge in [0.05, 0.1) is 12.9 Å². The standard InChI is InChI=1S/C14H24N4O2/c1-20-8-6-17-14(19)4-7-18-11-16-10-13(18)12-3-2-5-15-9-12/h10-12,15H,2-9H2,1H3,(H,17,19). The van der Waals surface area contributed by atoms with Gasteiger partial charge in [-0.2, -0.15) is 0 Å². The van der Waals surface area contributed by atoms with Crippen LogP contribution in [-0.4, -0.2) is 48.8 Å². The van der Waals surface area contributed by atoms with Gasteiger partial charge in [0.15, 0.2) is 0 Å². The number of rotatable bonds is 7. The average Bonchev–Trinajstić information content (AvgIpc) is 2.95. The smallest absolute Gasteiger partial charge is 0.221 e. The number of nitrogens with one attached hydrogen (secondary N) is 2. The number of carbonyl (C=O) groups excluding carboxylic acids is 1. The molecule has 0 spiro atoms. The number of carbonyl (C=O) groups is 1. The van der Waals surface area contributed by atoms with Gasteiger partial charge < -0.3 is 19.9 Å². The fraction of sp³-hybridized carbons (Fsp3) is 0.714. The number of ether oxygens (including phenoxy) is 1. The number of aromatic nitrogens is 2. The predicted octanol–water partition coefficient (Wildman–Crippen LogP) is 0.503. The molecule has 20 heavy (non-hydrogen) atoms. The maximum absolute atomic E-state index is 11.7. The molecule has 112 valence electrons. The van der Waals surface area contributed by atoms with E-state index in [0.717, 1.165) is 13.1 Å². The molecule has 0 saturated carbocycles. The SMILES string of the molecule is COCCNC(=O)CCn1cncc1C1CCCNC1. The first-order chi connectivity index (χ1) is 9.81. The number of nitrogens with zero attached hydrogens (tertiary/aromatic N) is 2. The zero-order valence-electron chi connectivity index (χ0n) is 12.1. The molecule has 2 rings (SSSR count). The van der Waals surface area contributed by atoms with Crippen LogP contribution in [0.15, 0.2) is 12.5 Å². The largest absolute Gasteiger partial charge is 0.383 e. The molecule has 1 amide bonds. The molecule has 6 heteroatoms. The summed E-state index contributed by atoms with van der Waals surface area (Å²) in [5, 5.41) is 6.25. The molecule has 2 heterocycles. The minimum absolute atomic E-state index is 0.0588. The zero-order chi connectivity index (χ0) is 14.2. The fourth-order valence-corrected chi connectivity index (χ4v) is 2.56. The summed E-state index contributed by atoms with van der Waals surface area (Å²) < 4.78 is 7.01. The molecular weight excluding hydrogens is 256 g/mol. The summed E-state index contributed by atoms with van der Waals surface area (Å²) in [5.74, 6) is 0.575. The van der Waals surface area contributed by atoms with Crippen LogP contribution in [0.2, 0.25) is 0 Å². The van der Waals surface area contributed by atoms with Crippen LogP contribution < -0.4 is 10.6 Å². The summed E-state index contributed by atoms with van der Waals surface area (Å²) >= 11 is 0. The van der Waals surface area contributed by atoms with Gasteiger partial charge in [0.1, 0.15) is 0 Å². The Morgan fingerprint density at radius 2 is 2.55 bits per heavy atom. The first-order valence-electron chi connectivity index (χ1n) is 7.27. The molecule has 1 unspecified atom stereocenters. The number of hydrogen-bond donors (Lipinski definition) is 2. The fourth-order valence-electron chi connectivity index (χ4n) is 2.56. The molecule has 1 aromatic heterocycles. The van der Waals surface area contributed by atoms with E-state index in [1.54, 1.807) is 7.11 Å². The summed E-state index contributed by atoms with van der Waals surface area (Å²) in [6.07, 6.45) is 6.63. The van der Waals surface area contributed by atoms with Crippen molar-refractivity contribution in [2.24, 2.45) is 0 Å². The van der Waals surface area contributed by atoms with Crippen molar-refractivity contribution in [3.05, 3.63) is 18.2 Å². The molecule has 2 N–H and O–H groups in total. The number of aryl methyl sites for hydroxylation is 1. The molecule has 0 aromatic carbocycles. The van der Waals surface area contributed by atoms with Crippen LogP contribution in [0, 0.1) is 0 Å². The number of imidazole rings is 1. The Labute approximate surface area is 119 Å². The van der Waals surface area contributed by atoms with E-state index in [1.165, 1.54) is 18.5 Å². The second-order valence-electron chi connectivity index (χ2n) is 5.15. The third-order valence-corrected chi connectivity index (χ3v) is 3.67. The lowest BCUT2D eigenvalue weighted by molar-refractivity contribution is -0.121. The highest BCUT2D eigenvalue weighted by Crippen LogP contribution is 2.22. The summed E-state index contributed by atoms with van der Waals surface area (Å²) in [6.45, 7) is 3.91. The quantitative estimate of drug-likeness (QED) is 0.714. The molecule has 1 aliphatic heterocycles. The Hall–Kier alpha value is -1.40. The highest BCUT2D eigenvalue weighted by atomic mass is 16.5. The summed E-state index contributed by atoms with van der Waals surface area (Å²) in [6, 6.07) is 0. The minimum Gasteiger partial charge on any atom is -0.383 e. The van der Waals surface area contributed by atoms with Crippen molar-refractivity contribution in [3.63, 3.8) is 0 Å². The number of methoxy groups -OCH3 is 1. The molecule has 1 aromatic rings. The maximum Gasteiger partial charge on any atom is 0.221 e. The van der Waals surface area contributed by atoms with E-state index in [0.29, 0.717) is 32.0 Å².